The first-order valence-electron chi connectivity index (χ1n) is 8.36. The number of esters is 1. The van der Waals surface area contributed by atoms with E-state index in [2.05, 4.69) is 15.6 Å². The van der Waals surface area contributed by atoms with Crippen LogP contribution in [0, 0.1) is 0 Å². The molecule has 1 heterocycles. The zero-order chi connectivity index (χ0) is 18.8. The van der Waals surface area contributed by atoms with Gasteiger partial charge in [-0.3, -0.25) is 14.6 Å². The van der Waals surface area contributed by atoms with Crippen LogP contribution in [0.4, 0.5) is 5.69 Å². The molecular formula is C19H21N3O4. The summed E-state index contributed by atoms with van der Waals surface area (Å²) in [4.78, 5) is 40.1. The number of amides is 2. The van der Waals surface area contributed by atoms with Crippen LogP contribution in [0.25, 0.3) is 0 Å². The summed E-state index contributed by atoms with van der Waals surface area (Å²) >= 11 is 0. The molecule has 2 amide bonds. The second kappa shape index (κ2) is 9.93. The van der Waals surface area contributed by atoms with Gasteiger partial charge in [-0.2, -0.15) is 0 Å². The van der Waals surface area contributed by atoms with Gasteiger partial charge in [0.05, 0.1) is 17.9 Å². The van der Waals surface area contributed by atoms with Crippen LogP contribution in [0.5, 0.6) is 0 Å². The molecule has 1 aromatic heterocycles. The van der Waals surface area contributed by atoms with E-state index >= 15 is 0 Å². The minimum absolute atomic E-state index is 0.181. The van der Waals surface area contributed by atoms with Crippen LogP contribution < -0.4 is 10.6 Å². The van der Waals surface area contributed by atoms with Crippen molar-refractivity contribution in [2.75, 3.05) is 11.9 Å². The maximum atomic E-state index is 12.1. The molecular weight excluding hydrogens is 334 g/mol. The third kappa shape index (κ3) is 5.70. The van der Waals surface area contributed by atoms with Crippen LogP contribution in [-0.2, 0) is 20.9 Å². The smallest absolute Gasteiger partial charge is 0.340 e. The van der Waals surface area contributed by atoms with Gasteiger partial charge in [0.25, 0.3) is 0 Å². The summed E-state index contributed by atoms with van der Waals surface area (Å²) in [5.74, 6) is -2.20. The molecule has 0 radical (unpaired) electrons. The van der Waals surface area contributed by atoms with Gasteiger partial charge < -0.3 is 15.4 Å². The quantitative estimate of drug-likeness (QED) is 0.451. The molecule has 0 saturated carbocycles. The molecule has 0 aliphatic rings. The van der Waals surface area contributed by atoms with Crippen molar-refractivity contribution in [3.05, 3.63) is 59.9 Å². The number of anilines is 1. The first-order valence-corrected chi connectivity index (χ1v) is 8.36. The van der Waals surface area contributed by atoms with Gasteiger partial charge in [0.2, 0.25) is 0 Å². The maximum absolute atomic E-state index is 12.1. The molecule has 0 fully saturated rings. The Balaban J connectivity index is 1.95. The molecule has 0 saturated heterocycles. The summed E-state index contributed by atoms with van der Waals surface area (Å²) in [6, 6.07) is 9.93. The van der Waals surface area contributed by atoms with Gasteiger partial charge in [-0.05, 0) is 30.2 Å². The lowest BCUT2D eigenvalue weighted by atomic mass is 10.1. The average Bonchev–Trinajstić information content (AvgIpc) is 2.67. The van der Waals surface area contributed by atoms with E-state index < -0.39 is 17.8 Å². The third-order valence-corrected chi connectivity index (χ3v) is 3.51. The lowest BCUT2D eigenvalue weighted by molar-refractivity contribution is -0.136. The molecule has 1 aromatic carbocycles. The molecule has 0 aliphatic carbocycles. The molecule has 0 unspecified atom stereocenters. The largest absolute Gasteiger partial charge is 0.462 e. The number of ether oxygens (including phenoxy) is 1. The standard InChI is InChI=1S/C19H21N3O4/c1-2-3-11-26-19(25)15-8-4-5-9-16(15)22-18(24)17(23)21-13-14-7-6-10-20-12-14/h4-10,12H,2-3,11,13H2,1H3,(H,21,23)(H,22,24). The Kier molecular flexibility index (Phi) is 7.30. The normalized spacial score (nSPS) is 10.0. The average molecular weight is 355 g/mol. The lowest BCUT2D eigenvalue weighted by Crippen LogP contribution is -2.35. The number of hydrogen-bond donors (Lipinski definition) is 2. The van der Waals surface area contributed by atoms with Gasteiger partial charge in [-0.1, -0.05) is 31.5 Å². The van der Waals surface area contributed by atoms with Crippen LogP contribution >= 0.6 is 0 Å². The number of rotatable bonds is 7. The van der Waals surface area contributed by atoms with E-state index in [1.165, 1.54) is 6.07 Å². The summed E-state index contributed by atoms with van der Waals surface area (Å²) < 4.78 is 5.16. The number of aromatic nitrogens is 1. The topological polar surface area (TPSA) is 97.4 Å². The predicted octanol–water partition coefficient (Wildman–Crippen LogP) is 2.29. The van der Waals surface area contributed by atoms with E-state index in [-0.39, 0.29) is 17.8 Å². The number of para-hydroxylation sites is 1. The summed E-state index contributed by atoms with van der Waals surface area (Å²) in [5, 5.41) is 4.95. The highest BCUT2D eigenvalue weighted by atomic mass is 16.5. The molecule has 7 nitrogen and oxygen atoms in total. The van der Waals surface area contributed by atoms with Crippen molar-refractivity contribution in [3.63, 3.8) is 0 Å². The SMILES string of the molecule is CCCCOC(=O)c1ccccc1NC(=O)C(=O)NCc1cccnc1. The number of carbonyl (C=O) groups is 3. The number of pyridine rings is 1. The molecule has 0 atom stereocenters. The molecule has 2 rings (SSSR count). The van der Waals surface area contributed by atoms with Crippen molar-refractivity contribution in [3.8, 4) is 0 Å². The minimum atomic E-state index is -0.859. The fourth-order valence-electron chi connectivity index (χ4n) is 2.10. The third-order valence-electron chi connectivity index (χ3n) is 3.51. The molecule has 136 valence electrons. The number of hydrogen-bond acceptors (Lipinski definition) is 5. The zero-order valence-corrected chi connectivity index (χ0v) is 14.5. The van der Waals surface area contributed by atoms with Crippen molar-refractivity contribution in [2.24, 2.45) is 0 Å². The van der Waals surface area contributed by atoms with Crippen LogP contribution in [0.2, 0.25) is 0 Å². The van der Waals surface area contributed by atoms with Crippen molar-refractivity contribution in [1.29, 1.82) is 0 Å². The number of unbranched alkanes of at least 4 members (excludes halogenated alkanes) is 1. The molecule has 26 heavy (non-hydrogen) atoms. The van der Waals surface area contributed by atoms with Crippen molar-refractivity contribution in [2.45, 2.75) is 26.3 Å². The van der Waals surface area contributed by atoms with Gasteiger partial charge in [0, 0.05) is 18.9 Å². The Morgan fingerprint density at radius 2 is 1.88 bits per heavy atom. The first-order chi connectivity index (χ1) is 12.6. The van der Waals surface area contributed by atoms with E-state index in [1.54, 1.807) is 42.7 Å². The van der Waals surface area contributed by atoms with Gasteiger partial charge >= 0.3 is 17.8 Å². The second-order valence-corrected chi connectivity index (χ2v) is 5.53. The first kappa shape index (κ1) is 19.1. The number of nitrogens with zero attached hydrogens (tertiary/aromatic N) is 1. The number of nitrogens with one attached hydrogen (secondary N) is 2. The Labute approximate surface area is 151 Å². The molecule has 7 heteroatoms. The van der Waals surface area contributed by atoms with E-state index in [1.807, 2.05) is 6.92 Å². The van der Waals surface area contributed by atoms with E-state index in [0.717, 1.165) is 18.4 Å². The van der Waals surface area contributed by atoms with Crippen molar-refractivity contribution < 1.29 is 19.1 Å². The zero-order valence-electron chi connectivity index (χ0n) is 14.5. The number of benzene rings is 1. The number of carbonyl (C=O) groups excluding carboxylic acids is 3. The van der Waals surface area contributed by atoms with E-state index in [4.69, 9.17) is 4.74 Å². The fourth-order valence-corrected chi connectivity index (χ4v) is 2.10. The Morgan fingerprint density at radius 1 is 1.08 bits per heavy atom. The summed E-state index contributed by atoms with van der Waals surface area (Å²) in [6.07, 6.45) is 4.88. The molecule has 0 aliphatic heterocycles. The Bertz CT molecular complexity index is 762. The van der Waals surface area contributed by atoms with Crippen LogP contribution in [0.15, 0.2) is 48.8 Å². The highest BCUT2D eigenvalue weighted by Crippen LogP contribution is 2.16. The summed E-state index contributed by atoms with van der Waals surface area (Å²) in [6.45, 7) is 2.48. The van der Waals surface area contributed by atoms with Gasteiger partial charge in [0.1, 0.15) is 0 Å². The van der Waals surface area contributed by atoms with Gasteiger partial charge in [-0.15, -0.1) is 0 Å². The van der Waals surface area contributed by atoms with Crippen LogP contribution in [0.1, 0.15) is 35.7 Å². The predicted molar refractivity (Wildman–Crippen MR) is 96.3 cm³/mol. The maximum Gasteiger partial charge on any atom is 0.340 e. The van der Waals surface area contributed by atoms with Crippen LogP contribution in [0.3, 0.4) is 0 Å². The Morgan fingerprint density at radius 3 is 2.62 bits per heavy atom. The van der Waals surface area contributed by atoms with Crippen molar-refractivity contribution >= 4 is 23.5 Å². The summed E-state index contributed by atoms with van der Waals surface area (Å²) in [7, 11) is 0. The van der Waals surface area contributed by atoms with E-state index in [0.29, 0.717) is 6.61 Å². The Hall–Kier alpha value is -3.22. The molecule has 0 bridgehead atoms. The minimum Gasteiger partial charge on any atom is -0.462 e. The highest BCUT2D eigenvalue weighted by Gasteiger charge is 2.18. The highest BCUT2D eigenvalue weighted by molar-refractivity contribution is 6.39. The summed E-state index contributed by atoms with van der Waals surface area (Å²) in [5.41, 5.74) is 1.21. The molecule has 0 spiro atoms. The van der Waals surface area contributed by atoms with E-state index in [9.17, 15) is 14.4 Å². The monoisotopic (exact) mass is 355 g/mol. The van der Waals surface area contributed by atoms with Gasteiger partial charge in [-0.25, -0.2) is 4.79 Å². The fraction of sp³-hybridized carbons (Fsp3) is 0.263. The van der Waals surface area contributed by atoms with Crippen LogP contribution in [-0.4, -0.2) is 29.4 Å². The van der Waals surface area contributed by atoms with Crippen molar-refractivity contribution in [1.82, 2.24) is 10.3 Å². The molecule has 2 N–H and O–H groups in total. The lowest BCUT2D eigenvalue weighted by Gasteiger charge is -2.11. The van der Waals surface area contributed by atoms with Gasteiger partial charge in [0.15, 0.2) is 0 Å². The second-order valence-electron chi connectivity index (χ2n) is 5.53. The molecule has 2 aromatic rings.